The van der Waals surface area contributed by atoms with Crippen molar-refractivity contribution in [3.63, 3.8) is 0 Å². The number of hydrogen-bond donors (Lipinski definition) is 1. The average molecular weight is 275 g/mol. The van der Waals surface area contributed by atoms with Crippen LogP contribution in [-0.2, 0) is 9.53 Å². The topological polar surface area (TPSA) is 66.8 Å². The molecule has 1 aliphatic heterocycles. The normalized spacial score (nSPS) is 23.6. The largest absolute Gasteiger partial charge is 0.480 e. The first kappa shape index (κ1) is 15.1. The van der Waals surface area contributed by atoms with Gasteiger partial charge in [-0.05, 0) is 34.6 Å². The van der Waals surface area contributed by atoms with Crippen LogP contribution >= 0.6 is 11.8 Å². The number of carboxylic acid groups (broad SMARTS) is 1. The van der Waals surface area contributed by atoms with E-state index in [1.165, 1.54) is 4.90 Å². The van der Waals surface area contributed by atoms with Crippen molar-refractivity contribution in [2.45, 2.75) is 51.0 Å². The fourth-order valence-electron chi connectivity index (χ4n) is 1.94. The Kier molecular flexibility index (Phi) is 4.20. The Morgan fingerprint density at radius 3 is 2.39 bits per heavy atom. The number of carbonyl (C=O) groups excluding carboxylic acids is 1. The van der Waals surface area contributed by atoms with E-state index >= 15 is 0 Å². The summed E-state index contributed by atoms with van der Waals surface area (Å²) >= 11 is 1.57. The lowest BCUT2D eigenvalue weighted by atomic mass is 10.0. The van der Waals surface area contributed by atoms with Crippen molar-refractivity contribution in [1.29, 1.82) is 0 Å². The number of hydrogen-bond acceptors (Lipinski definition) is 4. The van der Waals surface area contributed by atoms with Gasteiger partial charge in [0.05, 0.1) is 0 Å². The van der Waals surface area contributed by atoms with E-state index in [2.05, 4.69) is 0 Å². The molecule has 1 fully saturated rings. The summed E-state index contributed by atoms with van der Waals surface area (Å²) in [5.74, 6) is -0.270. The number of thioether (sulfide) groups is 1. The molecule has 0 aromatic carbocycles. The van der Waals surface area contributed by atoms with Crippen LogP contribution in [-0.4, -0.2) is 50.8 Å². The number of rotatable bonds is 1. The van der Waals surface area contributed by atoms with E-state index in [9.17, 15) is 14.7 Å². The van der Waals surface area contributed by atoms with Crippen LogP contribution in [0.2, 0.25) is 0 Å². The van der Waals surface area contributed by atoms with Gasteiger partial charge in [0.15, 0.2) is 0 Å². The zero-order valence-corrected chi connectivity index (χ0v) is 12.3. The molecule has 0 radical (unpaired) electrons. The van der Waals surface area contributed by atoms with Gasteiger partial charge >= 0.3 is 12.1 Å². The van der Waals surface area contributed by atoms with Gasteiger partial charge in [-0.3, -0.25) is 4.90 Å². The van der Waals surface area contributed by atoms with Crippen LogP contribution < -0.4 is 0 Å². The van der Waals surface area contributed by atoms with Crippen molar-refractivity contribution >= 4 is 23.8 Å². The van der Waals surface area contributed by atoms with Crippen molar-refractivity contribution < 1.29 is 19.4 Å². The minimum Gasteiger partial charge on any atom is -0.480 e. The molecule has 1 heterocycles. The lowest BCUT2D eigenvalue weighted by Gasteiger charge is -2.43. The van der Waals surface area contributed by atoms with Crippen LogP contribution in [0.25, 0.3) is 0 Å². The van der Waals surface area contributed by atoms with Crippen LogP contribution in [0.15, 0.2) is 0 Å². The summed E-state index contributed by atoms with van der Waals surface area (Å²) in [6, 6.07) is -0.855. The van der Waals surface area contributed by atoms with E-state index in [0.717, 1.165) is 5.75 Å². The second kappa shape index (κ2) is 4.99. The van der Waals surface area contributed by atoms with Crippen LogP contribution in [0.4, 0.5) is 4.79 Å². The predicted octanol–water partition coefficient (Wildman–Crippen LogP) is 2.20. The third kappa shape index (κ3) is 3.54. The highest BCUT2D eigenvalue weighted by atomic mass is 32.2. The SMILES string of the molecule is CC(C)(C)OC(=O)N1CCSC(C)(C)[C@H]1C(=O)O. The standard InChI is InChI=1S/C12H21NO4S/c1-11(2,3)17-10(16)13-6-7-18-12(4,5)8(13)9(14)15/h8H,6-7H2,1-5H3,(H,14,15)/t8-/m1/s1. The maximum atomic E-state index is 12.0. The fourth-order valence-corrected chi connectivity index (χ4v) is 3.14. The first-order valence-electron chi connectivity index (χ1n) is 5.91. The highest BCUT2D eigenvalue weighted by Gasteiger charge is 2.46. The molecule has 0 aromatic rings. The van der Waals surface area contributed by atoms with E-state index in [0.29, 0.717) is 6.54 Å². The number of carboxylic acids is 1. The first-order valence-corrected chi connectivity index (χ1v) is 6.89. The van der Waals surface area contributed by atoms with E-state index in [4.69, 9.17) is 4.74 Å². The monoisotopic (exact) mass is 275 g/mol. The molecule has 0 unspecified atom stereocenters. The number of carbonyl (C=O) groups is 2. The summed E-state index contributed by atoms with van der Waals surface area (Å²) in [5, 5.41) is 9.33. The average Bonchev–Trinajstić information content (AvgIpc) is 2.11. The molecule has 104 valence electrons. The molecular formula is C12H21NO4S. The zero-order valence-electron chi connectivity index (χ0n) is 11.5. The highest BCUT2D eigenvalue weighted by Crippen LogP contribution is 2.36. The molecule has 1 atom stereocenters. The molecule has 1 rings (SSSR count). The minimum absolute atomic E-state index is 0.403. The van der Waals surface area contributed by atoms with Crippen LogP contribution in [0.3, 0.4) is 0 Å². The van der Waals surface area contributed by atoms with Gasteiger partial charge in [-0.2, -0.15) is 11.8 Å². The molecule has 5 nitrogen and oxygen atoms in total. The smallest absolute Gasteiger partial charge is 0.411 e. The van der Waals surface area contributed by atoms with Gasteiger partial charge in [-0.25, -0.2) is 9.59 Å². The molecule has 0 aromatic heterocycles. The molecule has 1 aliphatic rings. The Labute approximate surface area is 112 Å². The second-order valence-corrected chi connectivity index (χ2v) is 7.62. The third-order valence-electron chi connectivity index (χ3n) is 2.64. The van der Waals surface area contributed by atoms with Crippen molar-refractivity contribution in [3.05, 3.63) is 0 Å². The summed E-state index contributed by atoms with van der Waals surface area (Å²) in [6.45, 7) is 9.39. The molecule has 1 saturated heterocycles. The first-order chi connectivity index (χ1) is 8.04. The summed E-state index contributed by atoms with van der Waals surface area (Å²) in [4.78, 5) is 24.8. The van der Waals surface area contributed by atoms with E-state index < -0.39 is 28.5 Å². The lowest BCUT2D eigenvalue weighted by Crippen LogP contribution is -2.59. The molecule has 0 saturated carbocycles. The van der Waals surface area contributed by atoms with E-state index in [-0.39, 0.29) is 0 Å². The van der Waals surface area contributed by atoms with E-state index in [1.54, 1.807) is 32.5 Å². The fraction of sp³-hybridized carbons (Fsp3) is 0.833. The molecule has 6 heteroatoms. The van der Waals surface area contributed by atoms with Gasteiger partial charge in [0.1, 0.15) is 11.6 Å². The minimum atomic E-state index is -0.988. The molecule has 18 heavy (non-hydrogen) atoms. The number of ether oxygens (including phenoxy) is 1. The van der Waals surface area contributed by atoms with Crippen molar-refractivity contribution in [3.8, 4) is 0 Å². The molecule has 1 N–H and O–H groups in total. The van der Waals surface area contributed by atoms with Gasteiger partial charge in [0, 0.05) is 17.0 Å². The molecule has 0 bridgehead atoms. The molecule has 1 amide bonds. The summed E-state index contributed by atoms with van der Waals surface area (Å²) in [5.41, 5.74) is -0.616. The molecule has 0 spiro atoms. The summed E-state index contributed by atoms with van der Waals surface area (Å²) in [7, 11) is 0. The quantitative estimate of drug-likeness (QED) is 0.794. The van der Waals surface area contributed by atoms with Crippen LogP contribution in [0.1, 0.15) is 34.6 Å². The maximum Gasteiger partial charge on any atom is 0.411 e. The predicted molar refractivity (Wildman–Crippen MR) is 70.9 cm³/mol. The van der Waals surface area contributed by atoms with Crippen molar-refractivity contribution in [2.75, 3.05) is 12.3 Å². The highest BCUT2D eigenvalue weighted by molar-refractivity contribution is 8.00. The van der Waals surface area contributed by atoms with Gasteiger partial charge in [-0.15, -0.1) is 0 Å². The Hall–Kier alpha value is -0.910. The Morgan fingerprint density at radius 1 is 1.39 bits per heavy atom. The Bertz CT molecular complexity index is 348. The van der Waals surface area contributed by atoms with Gasteiger partial charge in [-0.1, -0.05) is 0 Å². The maximum absolute atomic E-state index is 12.0. The number of amides is 1. The number of nitrogens with zero attached hydrogens (tertiary/aromatic N) is 1. The zero-order chi connectivity index (χ0) is 14.1. The Balaban J connectivity index is 2.91. The Morgan fingerprint density at radius 2 is 1.94 bits per heavy atom. The third-order valence-corrected chi connectivity index (χ3v) is 3.99. The van der Waals surface area contributed by atoms with Gasteiger partial charge < -0.3 is 9.84 Å². The van der Waals surface area contributed by atoms with E-state index in [1.807, 2.05) is 13.8 Å². The summed E-state index contributed by atoms with van der Waals surface area (Å²) in [6.07, 6.45) is -0.553. The van der Waals surface area contributed by atoms with Gasteiger partial charge in [0.25, 0.3) is 0 Å². The van der Waals surface area contributed by atoms with Crippen LogP contribution in [0.5, 0.6) is 0 Å². The van der Waals surface area contributed by atoms with Crippen molar-refractivity contribution in [2.24, 2.45) is 0 Å². The molecular weight excluding hydrogens is 254 g/mol. The van der Waals surface area contributed by atoms with Crippen molar-refractivity contribution in [1.82, 2.24) is 4.90 Å². The van der Waals surface area contributed by atoms with Gasteiger partial charge in [0.2, 0.25) is 0 Å². The summed E-state index contributed by atoms with van der Waals surface area (Å²) < 4.78 is 4.75. The lowest BCUT2D eigenvalue weighted by molar-refractivity contribution is -0.144. The molecule has 0 aliphatic carbocycles. The number of aliphatic carboxylic acids is 1. The second-order valence-electron chi connectivity index (χ2n) is 5.87. The van der Waals surface area contributed by atoms with Crippen LogP contribution in [0, 0.1) is 0 Å².